The van der Waals surface area contributed by atoms with Gasteiger partial charge in [0.15, 0.2) is 0 Å². The van der Waals surface area contributed by atoms with E-state index < -0.39 is 57.8 Å². The van der Waals surface area contributed by atoms with Gasteiger partial charge < -0.3 is 0 Å². The van der Waals surface area contributed by atoms with Gasteiger partial charge in [-0.15, -0.1) is 13.2 Å². The van der Waals surface area contributed by atoms with Gasteiger partial charge in [-0.2, -0.15) is 5.01 Å². The highest BCUT2D eigenvalue weighted by molar-refractivity contribution is 6.20. The molecule has 0 radical (unpaired) electrons. The van der Waals surface area contributed by atoms with Gasteiger partial charge in [-0.1, -0.05) is 12.2 Å². The van der Waals surface area contributed by atoms with E-state index in [1.165, 1.54) is 31.3 Å². The van der Waals surface area contributed by atoms with Crippen LogP contribution in [0, 0.1) is 16.2 Å². The first-order chi connectivity index (χ1) is 17.6. The molecule has 5 atom stereocenters. The van der Waals surface area contributed by atoms with Gasteiger partial charge in [-0.25, -0.2) is 20.4 Å². The number of hydrogen-bond donors (Lipinski definition) is 4. The van der Waals surface area contributed by atoms with Gasteiger partial charge in [0.2, 0.25) is 29.6 Å². The van der Waals surface area contributed by atoms with Crippen LogP contribution < -0.4 is 16.5 Å². The zero-order chi connectivity index (χ0) is 28.6. The molecule has 0 aliphatic carbocycles. The van der Waals surface area contributed by atoms with Crippen LogP contribution in [0.4, 0.5) is 9.59 Å². The lowest BCUT2D eigenvalue weighted by Gasteiger charge is -2.45. The van der Waals surface area contributed by atoms with Crippen molar-refractivity contribution >= 4 is 41.7 Å². The molecule has 15 nitrogen and oxygen atoms in total. The second-order valence-electron chi connectivity index (χ2n) is 10.5. The van der Waals surface area contributed by atoms with E-state index in [9.17, 15) is 28.8 Å². The van der Waals surface area contributed by atoms with E-state index in [2.05, 4.69) is 23.8 Å². The monoisotopic (exact) mass is 529 g/mol. The Morgan fingerprint density at radius 2 is 1.21 bits per heavy atom. The molecule has 5 unspecified atom stereocenters. The Labute approximate surface area is 218 Å². The standard InChI is InChI=1S/C23H31N9O6/c1-7-9-22(13(33)26-18(37)28(5)15(22)35)11-20(3)30(25)17(24)31-21(4,32(20)31)12-23(10-8-2)14(34)27-19(38)29(6)16(23)36/h7-8,24H,1-2,9-12,25H2,3-6H3,(H,26,33,37)(H,27,34,38). The van der Waals surface area contributed by atoms with E-state index in [1.807, 2.05) is 0 Å². The average molecular weight is 530 g/mol. The molecule has 204 valence electrons. The number of nitrogens with one attached hydrogen (secondary N) is 3. The van der Waals surface area contributed by atoms with Crippen molar-refractivity contribution in [2.24, 2.45) is 16.7 Å². The maximum atomic E-state index is 13.4. The third-order valence-corrected chi connectivity index (χ3v) is 8.08. The number of hydrogen-bond acceptors (Lipinski definition) is 9. The zero-order valence-electron chi connectivity index (χ0n) is 21.7. The SMILES string of the molecule is C=CCC1(CC2(C)N(N)C(=N)N3N2C3(C)CC2(CC=C)C(=O)NC(=O)N(C)C2=O)C(=O)NC(=O)N(C)C1=O. The number of nitrogens with two attached hydrogens (primary N) is 1. The zero-order valence-corrected chi connectivity index (χ0v) is 21.7. The topological polar surface area (TPSA) is 192 Å². The van der Waals surface area contributed by atoms with Gasteiger partial charge in [-0.3, -0.25) is 50.0 Å². The molecule has 5 N–H and O–H groups in total. The van der Waals surface area contributed by atoms with Crippen molar-refractivity contribution < 1.29 is 28.8 Å². The minimum Gasteiger partial charge on any atom is -0.277 e. The van der Waals surface area contributed by atoms with Crippen LogP contribution in [0.3, 0.4) is 0 Å². The number of carbonyl (C=O) groups excluding carboxylic acids is 6. The number of nitrogens with zero attached hydrogens (tertiary/aromatic N) is 5. The fourth-order valence-electron chi connectivity index (χ4n) is 6.20. The minimum absolute atomic E-state index is 0.0862. The Kier molecular flexibility index (Phi) is 5.81. The van der Waals surface area contributed by atoms with E-state index in [0.29, 0.717) is 0 Å². The molecule has 4 rings (SSSR count). The molecule has 4 aliphatic rings. The van der Waals surface area contributed by atoms with Gasteiger partial charge in [0.1, 0.15) is 22.2 Å². The molecule has 4 heterocycles. The molecular weight excluding hydrogens is 498 g/mol. The third kappa shape index (κ3) is 3.18. The molecule has 4 aliphatic heterocycles. The number of carbonyl (C=O) groups is 6. The Morgan fingerprint density at radius 1 is 0.816 bits per heavy atom. The first-order valence-corrected chi connectivity index (χ1v) is 11.8. The molecule has 38 heavy (non-hydrogen) atoms. The number of guanidine groups is 1. The smallest absolute Gasteiger partial charge is 0.277 e. The van der Waals surface area contributed by atoms with Crippen LogP contribution in [-0.2, 0) is 19.2 Å². The van der Waals surface area contributed by atoms with Crippen molar-refractivity contribution in [2.45, 2.75) is 50.9 Å². The van der Waals surface area contributed by atoms with E-state index in [-0.39, 0.29) is 31.6 Å². The summed E-state index contributed by atoms with van der Waals surface area (Å²) in [6.45, 7) is 10.6. The van der Waals surface area contributed by atoms with Crippen LogP contribution in [0.25, 0.3) is 0 Å². The number of hydrazine groups is 2. The molecule has 4 fully saturated rings. The highest BCUT2D eigenvalue weighted by Gasteiger charge is 2.77. The molecule has 4 saturated heterocycles. The number of urea groups is 2. The van der Waals surface area contributed by atoms with E-state index in [4.69, 9.17) is 11.3 Å². The van der Waals surface area contributed by atoms with Crippen molar-refractivity contribution in [3.05, 3.63) is 25.3 Å². The summed E-state index contributed by atoms with van der Waals surface area (Å²) in [7, 11) is 2.51. The summed E-state index contributed by atoms with van der Waals surface area (Å²) in [6, 6.07) is -1.71. The average Bonchev–Trinajstić information content (AvgIpc) is 3.41. The fourth-order valence-corrected chi connectivity index (χ4v) is 6.20. The van der Waals surface area contributed by atoms with Crippen molar-refractivity contribution in [3.8, 4) is 0 Å². The number of allylic oxidation sites excluding steroid dienone is 2. The van der Waals surface area contributed by atoms with Crippen molar-refractivity contribution in [1.29, 1.82) is 5.41 Å². The number of amides is 8. The van der Waals surface area contributed by atoms with Crippen LogP contribution in [0.15, 0.2) is 25.3 Å². The predicted octanol–water partition coefficient (Wildman–Crippen LogP) is -0.603. The lowest BCUT2D eigenvalue weighted by Crippen LogP contribution is -2.68. The second kappa shape index (κ2) is 8.19. The summed E-state index contributed by atoms with van der Waals surface area (Å²) < 4.78 is 0. The van der Waals surface area contributed by atoms with Crippen LogP contribution in [0.1, 0.15) is 39.5 Å². The maximum Gasteiger partial charge on any atom is 0.330 e. The summed E-state index contributed by atoms with van der Waals surface area (Å²) in [4.78, 5) is 78.8. The van der Waals surface area contributed by atoms with E-state index >= 15 is 0 Å². The van der Waals surface area contributed by atoms with Gasteiger partial charge in [-0.05, 0) is 26.7 Å². The molecular formula is C23H31N9O6. The lowest BCUT2D eigenvalue weighted by atomic mass is 9.72. The normalized spacial score (nSPS) is 36.9. The van der Waals surface area contributed by atoms with E-state index in [1.54, 1.807) is 18.9 Å². The lowest BCUT2D eigenvalue weighted by molar-refractivity contribution is -0.155. The summed E-state index contributed by atoms with van der Waals surface area (Å²) in [6.07, 6.45) is 2.17. The van der Waals surface area contributed by atoms with Gasteiger partial charge in [0.25, 0.3) is 0 Å². The van der Waals surface area contributed by atoms with Crippen LogP contribution in [0.2, 0.25) is 0 Å². The molecule has 0 spiro atoms. The Hall–Kier alpha value is -4.11. The largest absolute Gasteiger partial charge is 0.330 e. The number of imide groups is 4. The van der Waals surface area contributed by atoms with E-state index in [0.717, 1.165) is 14.8 Å². The Balaban J connectivity index is 1.75. The first kappa shape index (κ1) is 26.9. The Bertz CT molecular complexity index is 1240. The molecule has 0 aromatic carbocycles. The number of barbiturate groups is 2. The summed E-state index contributed by atoms with van der Waals surface area (Å²) in [5, 5.41) is 17.3. The molecule has 0 saturated carbocycles. The van der Waals surface area contributed by atoms with Gasteiger partial charge in [0, 0.05) is 26.9 Å². The van der Waals surface area contributed by atoms with Gasteiger partial charge in [0.05, 0.1) is 0 Å². The van der Waals surface area contributed by atoms with Gasteiger partial charge >= 0.3 is 12.1 Å². The highest BCUT2D eigenvalue weighted by Crippen LogP contribution is 2.60. The summed E-state index contributed by atoms with van der Waals surface area (Å²) in [5.41, 5.74) is -6.02. The third-order valence-electron chi connectivity index (χ3n) is 8.08. The van der Waals surface area contributed by atoms with Crippen molar-refractivity contribution in [2.75, 3.05) is 14.1 Å². The molecule has 0 bridgehead atoms. The van der Waals surface area contributed by atoms with Crippen LogP contribution >= 0.6 is 0 Å². The number of fused-ring (bicyclic) bond motifs is 1. The first-order valence-electron chi connectivity index (χ1n) is 11.8. The fraction of sp³-hybridized carbons (Fsp3) is 0.522. The minimum atomic E-state index is -1.78. The summed E-state index contributed by atoms with van der Waals surface area (Å²) in [5.74, 6) is 3.03. The molecule has 0 aromatic heterocycles. The predicted molar refractivity (Wildman–Crippen MR) is 131 cm³/mol. The quantitative estimate of drug-likeness (QED) is 0.137. The Morgan fingerprint density at radius 3 is 1.61 bits per heavy atom. The van der Waals surface area contributed by atoms with Crippen LogP contribution in [0.5, 0.6) is 0 Å². The summed E-state index contributed by atoms with van der Waals surface area (Å²) >= 11 is 0. The van der Waals surface area contributed by atoms with Crippen molar-refractivity contribution in [1.82, 2.24) is 35.5 Å². The highest BCUT2D eigenvalue weighted by atomic mass is 16.2. The molecule has 0 aromatic rings. The number of rotatable bonds is 8. The molecule has 15 heteroatoms. The maximum absolute atomic E-state index is 13.4. The van der Waals surface area contributed by atoms with Crippen LogP contribution in [-0.4, -0.2) is 91.9 Å². The molecule has 8 amide bonds. The second-order valence-corrected chi connectivity index (χ2v) is 10.5. The van der Waals surface area contributed by atoms with Crippen molar-refractivity contribution in [3.63, 3.8) is 0 Å².